The van der Waals surface area contributed by atoms with Gasteiger partial charge < -0.3 is 31.6 Å². The van der Waals surface area contributed by atoms with Gasteiger partial charge >= 0.3 is 0 Å². The van der Waals surface area contributed by atoms with E-state index in [0.29, 0.717) is 64.1 Å². The molecule has 29 heavy (non-hydrogen) atoms. The molecule has 0 unspecified atom stereocenters. The Hall–Kier alpha value is 0.180. The standard InChI is InChI=1S/C17H36N4O4S4/c18-5-1-9-24-11-3-7-20-16(22)13-26-28-15-29-27-14-17(23)21-8-4-12-25-10-2-6-19/h1-15,18-19H2,(H,20,22)(H,21,23). The smallest absolute Gasteiger partial charge is 0.230 e. The molecule has 0 aliphatic rings. The summed E-state index contributed by atoms with van der Waals surface area (Å²) in [5.41, 5.74) is 10.8. The zero-order valence-corrected chi connectivity index (χ0v) is 20.3. The Kier molecular flexibility index (Phi) is 24.6. The molecule has 12 heteroatoms. The van der Waals surface area contributed by atoms with Gasteiger partial charge in [-0.1, -0.05) is 43.2 Å². The highest BCUT2D eigenvalue weighted by Crippen LogP contribution is 2.31. The van der Waals surface area contributed by atoms with E-state index in [1.807, 2.05) is 0 Å². The Morgan fingerprint density at radius 3 is 1.48 bits per heavy atom. The van der Waals surface area contributed by atoms with Gasteiger partial charge in [-0.05, 0) is 38.8 Å². The Morgan fingerprint density at radius 1 is 0.655 bits per heavy atom. The molecule has 172 valence electrons. The van der Waals surface area contributed by atoms with Crippen LogP contribution in [0.5, 0.6) is 0 Å². The molecule has 0 fully saturated rings. The quantitative estimate of drug-likeness (QED) is 0.101. The number of nitrogens with one attached hydrogen (secondary N) is 2. The number of hydrogen-bond donors (Lipinski definition) is 4. The summed E-state index contributed by atoms with van der Waals surface area (Å²) >= 11 is 0. The molecule has 0 bridgehead atoms. The van der Waals surface area contributed by atoms with Crippen LogP contribution in [0.1, 0.15) is 25.7 Å². The highest BCUT2D eigenvalue weighted by atomic mass is 33.1. The third kappa shape index (κ3) is 24.3. The first kappa shape index (κ1) is 29.2. The van der Waals surface area contributed by atoms with Crippen LogP contribution in [0.15, 0.2) is 0 Å². The lowest BCUT2D eigenvalue weighted by Gasteiger charge is -2.06. The number of nitrogens with two attached hydrogens (primary N) is 2. The Morgan fingerprint density at radius 2 is 1.07 bits per heavy atom. The SMILES string of the molecule is NCCCOCCCNC(=O)CSSCSSCC(=O)NCCCOCCCN. The van der Waals surface area contributed by atoms with Crippen LogP contribution >= 0.6 is 43.2 Å². The minimum atomic E-state index is 0.0356. The van der Waals surface area contributed by atoms with Crippen LogP contribution in [0.25, 0.3) is 0 Å². The molecule has 0 spiro atoms. The second kappa shape index (κ2) is 24.4. The molecule has 0 rings (SSSR count). The van der Waals surface area contributed by atoms with Crippen molar-refractivity contribution < 1.29 is 19.1 Å². The van der Waals surface area contributed by atoms with Crippen molar-refractivity contribution in [3.05, 3.63) is 0 Å². The van der Waals surface area contributed by atoms with Crippen LogP contribution < -0.4 is 22.1 Å². The van der Waals surface area contributed by atoms with Gasteiger partial charge in [0, 0.05) is 39.5 Å². The van der Waals surface area contributed by atoms with Crippen molar-refractivity contribution in [2.24, 2.45) is 11.5 Å². The highest BCUT2D eigenvalue weighted by molar-refractivity contribution is 8.85. The third-order valence-electron chi connectivity index (χ3n) is 3.20. The lowest BCUT2D eigenvalue weighted by Crippen LogP contribution is -2.26. The maximum atomic E-state index is 11.7. The lowest BCUT2D eigenvalue weighted by molar-refractivity contribution is -0.119. The van der Waals surface area contributed by atoms with Crippen molar-refractivity contribution in [1.82, 2.24) is 10.6 Å². The van der Waals surface area contributed by atoms with Crippen LogP contribution in [0.4, 0.5) is 0 Å². The van der Waals surface area contributed by atoms with Crippen molar-refractivity contribution in [3.8, 4) is 0 Å². The molecule has 2 amide bonds. The summed E-state index contributed by atoms with van der Waals surface area (Å²) in [6, 6.07) is 0. The molecule has 0 saturated heterocycles. The molecule has 8 nitrogen and oxygen atoms in total. The van der Waals surface area contributed by atoms with E-state index < -0.39 is 0 Å². The Bertz CT molecular complexity index is 364. The summed E-state index contributed by atoms with van der Waals surface area (Å²) in [6.45, 7) is 5.19. The molecule has 0 aromatic rings. The summed E-state index contributed by atoms with van der Waals surface area (Å²) in [7, 11) is 6.29. The van der Waals surface area contributed by atoms with Crippen LogP contribution in [-0.4, -0.2) is 81.0 Å². The van der Waals surface area contributed by atoms with E-state index in [1.54, 1.807) is 21.6 Å². The van der Waals surface area contributed by atoms with Crippen LogP contribution in [0.2, 0.25) is 0 Å². The highest BCUT2D eigenvalue weighted by Gasteiger charge is 2.03. The number of carbonyl (C=O) groups is 2. The lowest BCUT2D eigenvalue weighted by atomic mass is 10.4. The maximum Gasteiger partial charge on any atom is 0.230 e. The van der Waals surface area contributed by atoms with Gasteiger partial charge in [0.25, 0.3) is 0 Å². The van der Waals surface area contributed by atoms with Gasteiger partial charge in [-0.15, -0.1) is 0 Å². The van der Waals surface area contributed by atoms with E-state index in [2.05, 4.69) is 10.6 Å². The first-order valence-electron chi connectivity index (χ1n) is 9.78. The van der Waals surface area contributed by atoms with Gasteiger partial charge in [0.05, 0.1) is 16.6 Å². The van der Waals surface area contributed by atoms with Crippen LogP contribution in [0.3, 0.4) is 0 Å². The van der Waals surface area contributed by atoms with Crippen molar-refractivity contribution in [3.63, 3.8) is 0 Å². The molecule has 0 saturated carbocycles. The summed E-state index contributed by atoms with van der Waals surface area (Å²) in [4.78, 5) is 23.3. The first-order chi connectivity index (χ1) is 14.2. The number of carbonyl (C=O) groups excluding carboxylic acids is 2. The maximum absolute atomic E-state index is 11.7. The Labute approximate surface area is 190 Å². The summed E-state index contributed by atoms with van der Waals surface area (Å²) in [5, 5.41) is 6.56. The van der Waals surface area contributed by atoms with Crippen molar-refractivity contribution in [1.29, 1.82) is 0 Å². The molecule has 6 N–H and O–H groups in total. The first-order valence-corrected chi connectivity index (χ1v) is 14.8. The fourth-order valence-corrected chi connectivity index (χ4v) is 6.83. The van der Waals surface area contributed by atoms with Crippen LogP contribution in [0, 0.1) is 0 Å². The van der Waals surface area contributed by atoms with Gasteiger partial charge in [0.15, 0.2) is 0 Å². The van der Waals surface area contributed by atoms with Gasteiger partial charge in [0.1, 0.15) is 0 Å². The van der Waals surface area contributed by atoms with E-state index in [0.717, 1.165) is 30.8 Å². The number of rotatable bonds is 22. The molecular formula is C17H36N4O4S4. The van der Waals surface area contributed by atoms with E-state index in [4.69, 9.17) is 20.9 Å². The average molecular weight is 489 g/mol. The fraction of sp³-hybridized carbons (Fsp3) is 0.882. The molecule has 0 aliphatic heterocycles. The molecule has 0 atom stereocenters. The third-order valence-corrected chi connectivity index (χ3v) is 8.51. The monoisotopic (exact) mass is 488 g/mol. The van der Waals surface area contributed by atoms with Crippen molar-refractivity contribution in [2.75, 3.05) is 69.2 Å². The normalized spacial score (nSPS) is 10.8. The minimum absolute atomic E-state index is 0.0356. The molecular weight excluding hydrogens is 452 g/mol. The minimum Gasteiger partial charge on any atom is -0.381 e. The second-order valence-electron chi connectivity index (χ2n) is 5.79. The fourth-order valence-electron chi connectivity index (χ4n) is 1.76. The largest absolute Gasteiger partial charge is 0.381 e. The van der Waals surface area contributed by atoms with E-state index >= 15 is 0 Å². The average Bonchev–Trinajstić information content (AvgIpc) is 2.71. The van der Waals surface area contributed by atoms with Gasteiger partial charge in [-0.25, -0.2) is 0 Å². The second-order valence-corrected chi connectivity index (χ2v) is 11.1. The zero-order chi connectivity index (χ0) is 21.4. The van der Waals surface area contributed by atoms with Gasteiger partial charge in [-0.2, -0.15) is 0 Å². The summed E-state index contributed by atoms with van der Waals surface area (Å²) < 4.78 is 10.7. The zero-order valence-electron chi connectivity index (χ0n) is 17.0. The van der Waals surface area contributed by atoms with Crippen molar-refractivity contribution in [2.45, 2.75) is 25.7 Å². The molecule has 0 aromatic carbocycles. The topological polar surface area (TPSA) is 129 Å². The van der Waals surface area contributed by atoms with E-state index in [-0.39, 0.29) is 11.8 Å². The summed E-state index contributed by atoms with van der Waals surface area (Å²) in [5.74, 6) is 0.928. The molecule has 0 aromatic heterocycles. The van der Waals surface area contributed by atoms with Crippen LogP contribution in [-0.2, 0) is 19.1 Å². The molecule has 0 radical (unpaired) electrons. The number of hydrogen-bond acceptors (Lipinski definition) is 10. The Balaban J connectivity index is 3.27. The van der Waals surface area contributed by atoms with Gasteiger partial charge in [0.2, 0.25) is 11.8 Å². The van der Waals surface area contributed by atoms with Crippen molar-refractivity contribution >= 4 is 55.0 Å². The van der Waals surface area contributed by atoms with Gasteiger partial charge in [-0.3, -0.25) is 9.59 Å². The summed E-state index contributed by atoms with van der Waals surface area (Å²) in [6.07, 6.45) is 3.35. The van der Waals surface area contributed by atoms with E-state index in [1.165, 1.54) is 21.6 Å². The van der Waals surface area contributed by atoms with E-state index in [9.17, 15) is 9.59 Å². The molecule has 0 aliphatic carbocycles. The predicted octanol–water partition coefficient (Wildman–Crippen LogP) is 1.45. The molecule has 0 heterocycles. The number of amides is 2. The number of ether oxygens (including phenoxy) is 2. The predicted molar refractivity (Wildman–Crippen MR) is 129 cm³/mol.